The lowest BCUT2D eigenvalue weighted by molar-refractivity contribution is 0.866. The summed E-state index contributed by atoms with van der Waals surface area (Å²) in [5.41, 5.74) is 12.0. The van der Waals surface area contributed by atoms with Crippen LogP contribution in [0.1, 0.15) is 61.8 Å². The van der Waals surface area contributed by atoms with Gasteiger partial charge in [0.05, 0.1) is 0 Å². The maximum absolute atomic E-state index is 2.42. The molecule has 2 nitrogen and oxygen atoms in total. The van der Waals surface area contributed by atoms with E-state index in [1.165, 1.54) is 76.1 Å². The molecule has 0 bridgehead atoms. The van der Waals surface area contributed by atoms with Crippen molar-refractivity contribution in [3.05, 3.63) is 204 Å². The Labute approximate surface area is 354 Å². The van der Waals surface area contributed by atoms with Crippen molar-refractivity contribution in [2.45, 2.75) is 53.4 Å². The molecular weight excluding hydrogens is 725 g/mol. The molecule has 0 aliphatic carbocycles. The quantitative estimate of drug-likeness (QED) is 0.142. The lowest BCUT2D eigenvalue weighted by Crippen LogP contribution is -2.10. The van der Waals surface area contributed by atoms with Crippen LogP contribution in [0.3, 0.4) is 0 Å². The lowest BCUT2D eigenvalue weighted by Gasteiger charge is -2.27. The predicted molar refractivity (Wildman–Crippen MR) is 261 cm³/mol. The van der Waals surface area contributed by atoms with Gasteiger partial charge in [0.1, 0.15) is 0 Å². The molecule has 0 aliphatic rings. The molecule has 0 saturated carbocycles. The van der Waals surface area contributed by atoms with Crippen LogP contribution in [-0.2, 0) is 0 Å². The van der Waals surface area contributed by atoms with Crippen LogP contribution in [0, 0.1) is 13.8 Å². The summed E-state index contributed by atoms with van der Waals surface area (Å²) in [7, 11) is 0. The highest BCUT2D eigenvalue weighted by Crippen LogP contribution is 2.47. The fourth-order valence-corrected chi connectivity index (χ4v) is 9.22. The molecule has 0 saturated heterocycles. The van der Waals surface area contributed by atoms with E-state index in [1.54, 1.807) is 0 Å². The SMILES string of the molecule is Cc1ccc(N(c2ccc(C(C)C)cc2)c2ccc3c(c2)c2ccccc2c2c4ccc(N(c5ccc(C)cc5)c5ccc(C(C)C)cc5)cc4c4ccccc4c32)cc1. The molecule has 0 N–H and O–H groups in total. The average molecular weight is 775 g/mol. The minimum Gasteiger partial charge on any atom is -0.310 e. The summed E-state index contributed by atoms with van der Waals surface area (Å²) in [5, 5.41) is 12.7. The first-order chi connectivity index (χ1) is 29.2. The van der Waals surface area contributed by atoms with Gasteiger partial charge in [-0.3, -0.25) is 0 Å². The molecule has 0 aromatic heterocycles. The zero-order chi connectivity index (χ0) is 41.1. The van der Waals surface area contributed by atoms with Gasteiger partial charge in [0.15, 0.2) is 0 Å². The largest absolute Gasteiger partial charge is 0.310 e. The minimum atomic E-state index is 0.471. The minimum absolute atomic E-state index is 0.471. The number of anilines is 6. The Bertz CT molecular complexity index is 2970. The molecule has 0 amide bonds. The molecule has 0 radical (unpaired) electrons. The third kappa shape index (κ3) is 6.44. The molecule has 0 atom stereocenters. The van der Waals surface area contributed by atoms with Crippen molar-refractivity contribution in [2.75, 3.05) is 9.80 Å². The third-order valence-corrected chi connectivity index (χ3v) is 12.5. The standard InChI is InChI=1S/C58H50N2/c1-37(2)41-19-27-45(28-20-41)59(43-23-15-39(5)16-24-43)47-31-33-53-55(35-47)49-11-7-9-13-51(49)58-54-34-32-48(36-56(54)50-12-8-10-14-52(50)57(53)58)60(44-25-17-40(6)18-26-44)46-29-21-42(22-30-46)38(3)4/h7-38H,1-6H3. The van der Waals surface area contributed by atoms with E-state index >= 15 is 0 Å². The van der Waals surface area contributed by atoms with Crippen molar-refractivity contribution >= 4 is 88.0 Å². The zero-order valence-electron chi connectivity index (χ0n) is 35.4. The number of rotatable bonds is 8. The first-order valence-corrected chi connectivity index (χ1v) is 21.4. The van der Waals surface area contributed by atoms with Crippen molar-refractivity contribution in [3.63, 3.8) is 0 Å². The monoisotopic (exact) mass is 774 g/mol. The average Bonchev–Trinajstić information content (AvgIpc) is 3.28. The van der Waals surface area contributed by atoms with Gasteiger partial charge in [0.25, 0.3) is 0 Å². The summed E-state index contributed by atoms with van der Waals surface area (Å²) in [6.45, 7) is 13.3. The molecule has 0 unspecified atom stereocenters. The number of hydrogen-bond acceptors (Lipinski definition) is 2. The molecule has 10 rings (SSSR count). The maximum atomic E-state index is 2.42. The summed E-state index contributed by atoms with van der Waals surface area (Å²) in [4.78, 5) is 4.80. The van der Waals surface area contributed by atoms with Gasteiger partial charge in [0, 0.05) is 34.1 Å². The Hall–Kier alpha value is -6.90. The molecule has 0 spiro atoms. The van der Waals surface area contributed by atoms with Gasteiger partial charge in [-0.25, -0.2) is 0 Å². The molecule has 292 valence electrons. The van der Waals surface area contributed by atoms with Crippen molar-refractivity contribution < 1.29 is 0 Å². The van der Waals surface area contributed by atoms with E-state index < -0.39 is 0 Å². The van der Waals surface area contributed by atoms with Gasteiger partial charge in [-0.1, -0.05) is 148 Å². The molecule has 10 aromatic rings. The number of hydrogen-bond donors (Lipinski definition) is 0. The molecular formula is C58H50N2. The smallest absolute Gasteiger partial charge is 0.0468 e. The van der Waals surface area contributed by atoms with Crippen LogP contribution >= 0.6 is 0 Å². The van der Waals surface area contributed by atoms with Crippen LogP contribution in [-0.4, -0.2) is 0 Å². The second-order valence-corrected chi connectivity index (χ2v) is 17.1. The topological polar surface area (TPSA) is 6.48 Å². The Morgan fingerprint density at radius 2 is 0.567 bits per heavy atom. The van der Waals surface area contributed by atoms with Crippen molar-refractivity contribution in [1.29, 1.82) is 0 Å². The van der Waals surface area contributed by atoms with Crippen molar-refractivity contribution in [3.8, 4) is 0 Å². The maximum Gasteiger partial charge on any atom is 0.0468 e. The van der Waals surface area contributed by atoms with E-state index in [2.05, 4.69) is 233 Å². The lowest BCUT2D eigenvalue weighted by atomic mass is 9.87. The summed E-state index contributed by atoms with van der Waals surface area (Å²) in [6, 6.07) is 68.2. The first kappa shape index (κ1) is 37.4. The van der Waals surface area contributed by atoms with Gasteiger partial charge in [-0.15, -0.1) is 0 Å². The van der Waals surface area contributed by atoms with Gasteiger partial charge >= 0.3 is 0 Å². The molecule has 0 fully saturated rings. The third-order valence-electron chi connectivity index (χ3n) is 12.5. The summed E-state index contributed by atoms with van der Waals surface area (Å²) >= 11 is 0. The Kier molecular flexibility index (Phi) is 9.37. The van der Waals surface area contributed by atoms with E-state index in [4.69, 9.17) is 0 Å². The summed E-state index contributed by atoms with van der Waals surface area (Å²) in [6.07, 6.45) is 0. The second-order valence-electron chi connectivity index (χ2n) is 17.1. The van der Waals surface area contributed by atoms with E-state index in [1.807, 2.05) is 0 Å². The number of fused-ring (bicyclic) bond motifs is 11. The van der Waals surface area contributed by atoms with Gasteiger partial charge in [0.2, 0.25) is 0 Å². The molecule has 0 heterocycles. The zero-order valence-corrected chi connectivity index (χ0v) is 35.4. The second kappa shape index (κ2) is 15.0. The van der Waals surface area contributed by atoms with E-state index in [9.17, 15) is 0 Å². The number of benzene rings is 10. The Balaban J connectivity index is 1.22. The Morgan fingerprint density at radius 3 is 0.900 bits per heavy atom. The number of nitrogens with zero attached hydrogens (tertiary/aromatic N) is 2. The fraction of sp³-hybridized carbons (Fsp3) is 0.138. The molecule has 60 heavy (non-hydrogen) atoms. The molecule has 0 aliphatic heterocycles. The predicted octanol–water partition coefficient (Wildman–Crippen LogP) is 17.3. The first-order valence-electron chi connectivity index (χ1n) is 21.4. The highest BCUT2D eigenvalue weighted by Gasteiger charge is 2.21. The van der Waals surface area contributed by atoms with Crippen LogP contribution in [0.5, 0.6) is 0 Å². The van der Waals surface area contributed by atoms with Crippen molar-refractivity contribution in [2.24, 2.45) is 0 Å². The van der Waals surface area contributed by atoms with Gasteiger partial charge in [-0.05, 0) is 163 Å². The highest BCUT2D eigenvalue weighted by molar-refractivity contribution is 6.39. The normalized spacial score (nSPS) is 11.8. The van der Waals surface area contributed by atoms with Crippen LogP contribution < -0.4 is 9.80 Å². The van der Waals surface area contributed by atoms with Crippen molar-refractivity contribution in [1.82, 2.24) is 0 Å². The van der Waals surface area contributed by atoms with Gasteiger partial charge < -0.3 is 9.80 Å². The summed E-state index contributed by atoms with van der Waals surface area (Å²) in [5.74, 6) is 0.942. The fourth-order valence-electron chi connectivity index (χ4n) is 9.22. The highest BCUT2D eigenvalue weighted by atomic mass is 15.1. The number of aryl methyl sites for hydroxylation is 2. The molecule has 10 aromatic carbocycles. The Morgan fingerprint density at radius 1 is 0.283 bits per heavy atom. The van der Waals surface area contributed by atoms with Crippen LogP contribution in [0.15, 0.2) is 182 Å². The van der Waals surface area contributed by atoms with Crippen LogP contribution in [0.2, 0.25) is 0 Å². The van der Waals surface area contributed by atoms with E-state index in [-0.39, 0.29) is 0 Å². The van der Waals surface area contributed by atoms with Gasteiger partial charge in [-0.2, -0.15) is 0 Å². The van der Waals surface area contributed by atoms with Crippen LogP contribution in [0.25, 0.3) is 53.9 Å². The molecule has 2 heteroatoms. The van der Waals surface area contributed by atoms with E-state index in [0.717, 1.165) is 34.1 Å². The summed E-state index contributed by atoms with van der Waals surface area (Å²) < 4.78 is 0. The van der Waals surface area contributed by atoms with Crippen LogP contribution in [0.4, 0.5) is 34.1 Å². The van der Waals surface area contributed by atoms with E-state index in [0.29, 0.717) is 11.8 Å².